The van der Waals surface area contributed by atoms with Crippen LogP contribution in [0.3, 0.4) is 0 Å². The zero-order chi connectivity index (χ0) is 22.7. The highest BCUT2D eigenvalue weighted by Crippen LogP contribution is 2.26. The highest BCUT2D eigenvalue weighted by Gasteiger charge is 2.16. The topological polar surface area (TPSA) is 125 Å². The van der Waals surface area contributed by atoms with Crippen molar-refractivity contribution in [3.05, 3.63) is 59.9 Å². The quantitative estimate of drug-likeness (QED) is 0.329. The van der Waals surface area contributed by atoms with Gasteiger partial charge in [0.1, 0.15) is 11.4 Å². The lowest BCUT2D eigenvalue weighted by Crippen LogP contribution is -2.19. The lowest BCUT2D eigenvalue weighted by Gasteiger charge is -2.09. The summed E-state index contributed by atoms with van der Waals surface area (Å²) in [7, 11) is 0. The van der Waals surface area contributed by atoms with Gasteiger partial charge in [-0.1, -0.05) is 24.3 Å². The minimum Gasteiger partial charge on any atom is -0.461 e. The predicted molar refractivity (Wildman–Crippen MR) is 121 cm³/mol. The van der Waals surface area contributed by atoms with Gasteiger partial charge in [-0.3, -0.25) is 0 Å². The highest BCUT2D eigenvalue weighted by molar-refractivity contribution is 6.10. The number of carbonyl (C=O) groups is 3. The number of aromatic amines is 2. The summed E-state index contributed by atoms with van der Waals surface area (Å²) in [6.45, 7) is 4.00. The summed E-state index contributed by atoms with van der Waals surface area (Å²) in [4.78, 5) is 42.8. The molecule has 2 aromatic heterocycles. The van der Waals surface area contributed by atoms with Crippen LogP contribution in [0.2, 0.25) is 0 Å². The van der Waals surface area contributed by atoms with Crippen molar-refractivity contribution in [2.24, 2.45) is 0 Å². The van der Waals surface area contributed by atoms with E-state index in [2.05, 4.69) is 20.6 Å². The summed E-state index contributed by atoms with van der Waals surface area (Å²) in [6.07, 6.45) is 0. The van der Waals surface area contributed by atoms with E-state index >= 15 is 0 Å². The second-order valence-electron chi connectivity index (χ2n) is 6.93. The molecule has 164 valence electrons. The van der Waals surface area contributed by atoms with E-state index in [1.54, 1.807) is 50.2 Å². The van der Waals surface area contributed by atoms with Gasteiger partial charge < -0.3 is 30.1 Å². The average Bonchev–Trinajstić information content (AvgIpc) is 3.40. The van der Waals surface area contributed by atoms with Crippen LogP contribution in [0.5, 0.6) is 0 Å². The number of amides is 2. The zero-order valence-corrected chi connectivity index (χ0v) is 17.6. The Hall–Kier alpha value is -4.27. The maximum atomic E-state index is 12.7. The van der Waals surface area contributed by atoms with Crippen molar-refractivity contribution < 1.29 is 23.9 Å². The number of anilines is 2. The van der Waals surface area contributed by atoms with Crippen LogP contribution in [0.4, 0.5) is 16.2 Å². The molecule has 9 nitrogen and oxygen atoms in total. The summed E-state index contributed by atoms with van der Waals surface area (Å²) < 4.78 is 10.1. The Morgan fingerprint density at radius 3 is 1.59 bits per heavy atom. The van der Waals surface area contributed by atoms with E-state index in [1.807, 2.05) is 12.1 Å². The van der Waals surface area contributed by atoms with Crippen LogP contribution < -0.4 is 10.6 Å². The van der Waals surface area contributed by atoms with Gasteiger partial charge in [-0.15, -0.1) is 0 Å². The summed E-state index contributed by atoms with van der Waals surface area (Å²) in [5.41, 5.74) is 2.82. The monoisotopic (exact) mass is 434 g/mol. The number of H-pyrrole nitrogens is 2. The van der Waals surface area contributed by atoms with E-state index in [0.717, 1.165) is 10.8 Å². The number of rotatable bonds is 6. The van der Waals surface area contributed by atoms with Crippen molar-refractivity contribution in [1.29, 1.82) is 0 Å². The van der Waals surface area contributed by atoms with E-state index < -0.39 is 18.0 Å². The van der Waals surface area contributed by atoms with Gasteiger partial charge in [-0.05, 0) is 38.1 Å². The molecule has 2 heterocycles. The molecule has 2 amide bonds. The van der Waals surface area contributed by atoms with Crippen LogP contribution in [-0.4, -0.2) is 41.2 Å². The average molecular weight is 434 g/mol. The van der Waals surface area contributed by atoms with Gasteiger partial charge in [-0.2, -0.15) is 0 Å². The molecule has 4 aromatic rings. The number of aromatic nitrogens is 2. The number of fused-ring (bicyclic) bond motifs is 2. The van der Waals surface area contributed by atoms with Crippen LogP contribution in [0, 0.1) is 0 Å². The zero-order valence-electron chi connectivity index (χ0n) is 17.6. The number of benzene rings is 2. The standard InChI is InChI=1S/C23H22N4O5/c1-3-31-21(28)17-11-13-7-5-9-15(19(13)24-17)26-23(30)27-16-10-6-8-14-12-18(25-20(14)16)22(29)32-4-2/h5-12,24-25H,3-4H2,1-2H3,(H2,26,27,30). The maximum Gasteiger partial charge on any atom is 0.354 e. The highest BCUT2D eigenvalue weighted by atomic mass is 16.5. The first kappa shape index (κ1) is 21.0. The normalized spacial score (nSPS) is 10.8. The van der Waals surface area contributed by atoms with Gasteiger partial charge in [-0.25, -0.2) is 14.4 Å². The van der Waals surface area contributed by atoms with E-state index in [4.69, 9.17) is 9.47 Å². The molecule has 0 aliphatic rings. The summed E-state index contributed by atoms with van der Waals surface area (Å²) in [5, 5.41) is 7.11. The Kier molecular flexibility index (Phi) is 5.80. The Labute approximate surface area is 183 Å². The number of para-hydroxylation sites is 2. The van der Waals surface area contributed by atoms with Crippen LogP contribution in [0.15, 0.2) is 48.5 Å². The molecular weight excluding hydrogens is 412 g/mol. The number of hydrogen-bond donors (Lipinski definition) is 4. The third-order valence-electron chi connectivity index (χ3n) is 4.80. The molecule has 9 heteroatoms. The van der Waals surface area contributed by atoms with Gasteiger partial charge in [0, 0.05) is 10.8 Å². The number of urea groups is 1. The number of nitrogens with one attached hydrogen (secondary N) is 4. The molecule has 32 heavy (non-hydrogen) atoms. The van der Waals surface area contributed by atoms with Crippen LogP contribution >= 0.6 is 0 Å². The molecule has 4 rings (SSSR count). The molecule has 0 aliphatic carbocycles. The van der Waals surface area contributed by atoms with Gasteiger partial charge in [0.05, 0.1) is 35.6 Å². The van der Waals surface area contributed by atoms with E-state index in [9.17, 15) is 14.4 Å². The lowest BCUT2D eigenvalue weighted by atomic mass is 10.2. The summed E-state index contributed by atoms with van der Waals surface area (Å²) in [6, 6.07) is 13.5. The van der Waals surface area contributed by atoms with Gasteiger partial charge in [0.2, 0.25) is 0 Å². The van der Waals surface area contributed by atoms with Crippen molar-refractivity contribution in [3.63, 3.8) is 0 Å². The summed E-state index contributed by atoms with van der Waals surface area (Å²) in [5.74, 6) is -0.926. The maximum absolute atomic E-state index is 12.7. The van der Waals surface area contributed by atoms with Gasteiger partial charge in [0.15, 0.2) is 0 Å². The number of esters is 2. The first-order valence-electron chi connectivity index (χ1n) is 10.2. The van der Waals surface area contributed by atoms with Gasteiger partial charge in [0.25, 0.3) is 0 Å². The Bertz CT molecular complexity index is 1220. The minimum absolute atomic E-state index is 0.268. The fraction of sp³-hybridized carbons (Fsp3) is 0.174. The van der Waals surface area contributed by atoms with Crippen molar-refractivity contribution in [2.45, 2.75) is 13.8 Å². The van der Waals surface area contributed by atoms with Crippen molar-refractivity contribution in [1.82, 2.24) is 9.97 Å². The second kappa shape index (κ2) is 8.84. The van der Waals surface area contributed by atoms with Crippen molar-refractivity contribution >= 4 is 51.2 Å². The SMILES string of the molecule is CCOC(=O)c1cc2cccc(NC(=O)Nc3cccc4cc(C(=O)OCC)[nH]c34)c2[nH]1. The molecule has 4 N–H and O–H groups in total. The Morgan fingerprint density at radius 1 is 0.750 bits per heavy atom. The van der Waals surface area contributed by atoms with Crippen LogP contribution in [-0.2, 0) is 9.47 Å². The van der Waals surface area contributed by atoms with E-state index in [1.165, 1.54) is 0 Å². The van der Waals surface area contributed by atoms with Crippen LogP contribution in [0.25, 0.3) is 21.8 Å². The first-order valence-corrected chi connectivity index (χ1v) is 10.2. The first-order chi connectivity index (χ1) is 15.5. The molecule has 0 bridgehead atoms. The third kappa shape index (κ3) is 4.13. The van der Waals surface area contributed by atoms with Crippen molar-refractivity contribution in [3.8, 4) is 0 Å². The molecule has 0 atom stereocenters. The second-order valence-corrected chi connectivity index (χ2v) is 6.93. The van der Waals surface area contributed by atoms with Gasteiger partial charge >= 0.3 is 18.0 Å². The molecule has 0 saturated heterocycles. The largest absolute Gasteiger partial charge is 0.461 e. The number of hydrogen-bond acceptors (Lipinski definition) is 5. The fourth-order valence-electron chi connectivity index (χ4n) is 3.43. The van der Waals surface area contributed by atoms with Crippen molar-refractivity contribution in [2.75, 3.05) is 23.8 Å². The molecule has 2 aromatic carbocycles. The molecule has 0 unspecified atom stereocenters. The molecule has 0 saturated carbocycles. The minimum atomic E-state index is -0.482. The Morgan fingerprint density at radius 2 is 1.19 bits per heavy atom. The number of carbonyl (C=O) groups excluding carboxylic acids is 3. The predicted octanol–water partition coefficient (Wildman–Crippen LogP) is 4.65. The molecule has 0 radical (unpaired) electrons. The van der Waals surface area contributed by atoms with E-state index in [0.29, 0.717) is 33.8 Å². The Balaban J connectivity index is 1.56. The molecular formula is C23H22N4O5. The third-order valence-corrected chi connectivity index (χ3v) is 4.80. The number of ether oxygens (including phenoxy) is 2. The molecule has 0 spiro atoms. The lowest BCUT2D eigenvalue weighted by molar-refractivity contribution is 0.0511. The summed E-state index contributed by atoms with van der Waals surface area (Å²) >= 11 is 0. The van der Waals surface area contributed by atoms with Crippen LogP contribution in [0.1, 0.15) is 34.8 Å². The molecule has 0 fully saturated rings. The van der Waals surface area contributed by atoms with E-state index in [-0.39, 0.29) is 13.2 Å². The smallest absolute Gasteiger partial charge is 0.354 e. The fourth-order valence-corrected chi connectivity index (χ4v) is 3.43. The molecule has 0 aliphatic heterocycles.